The van der Waals surface area contributed by atoms with E-state index in [4.69, 9.17) is 0 Å². The van der Waals surface area contributed by atoms with Crippen LogP contribution in [0, 0.1) is 0 Å². The highest BCUT2D eigenvalue weighted by Gasteiger charge is 2.19. The van der Waals surface area contributed by atoms with Crippen molar-refractivity contribution in [3.8, 4) is 0 Å². The average molecular weight is 243 g/mol. The quantitative estimate of drug-likeness (QED) is 0.615. The van der Waals surface area contributed by atoms with Crippen molar-refractivity contribution in [2.24, 2.45) is 0 Å². The number of methoxy groups -OCH3 is 1. The van der Waals surface area contributed by atoms with Crippen LogP contribution < -0.4 is 0 Å². The van der Waals surface area contributed by atoms with Gasteiger partial charge in [0.05, 0.1) is 13.5 Å². The molecule has 4 heteroatoms. The molecule has 17 heavy (non-hydrogen) atoms. The molecule has 0 fully saturated rings. The highest BCUT2D eigenvalue weighted by Crippen LogP contribution is 2.09. The fraction of sp³-hybridized carbons (Fsp3) is 0.846. The number of carbonyl (C=O) groups is 2. The Morgan fingerprint density at radius 1 is 1.24 bits per heavy atom. The third-order valence-corrected chi connectivity index (χ3v) is 2.97. The van der Waals surface area contributed by atoms with Gasteiger partial charge in [-0.15, -0.1) is 0 Å². The lowest BCUT2D eigenvalue weighted by Gasteiger charge is -2.28. The van der Waals surface area contributed by atoms with E-state index in [9.17, 15) is 9.59 Å². The van der Waals surface area contributed by atoms with Gasteiger partial charge in [0.2, 0.25) is 5.91 Å². The van der Waals surface area contributed by atoms with Crippen molar-refractivity contribution >= 4 is 11.9 Å². The summed E-state index contributed by atoms with van der Waals surface area (Å²) in [6.07, 6.45) is 3.67. The number of hydrogen-bond acceptors (Lipinski definition) is 3. The van der Waals surface area contributed by atoms with E-state index in [1.54, 1.807) is 4.90 Å². The van der Waals surface area contributed by atoms with Gasteiger partial charge in [-0.1, -0.05) is 20.3 Å². The standard InChI is InChI=1S/C13H25NO3/c1-5-7-8-12(15)14(11(3)6-2)10-9-13(16)17-4/h11H,5-10H2,1-4H3. The molecule has 0 bridgehead atoms. The van der Waals surface area contributed by atoms with Crippen molar-refractivity contribution in [3.05, 3.63) is 0 Å². The Kier molecular flexibility index (Phi) is 8.46. The largest absolute Gasteiger partial charge is 0.469 e. The van der Waals surface area contributed by atoms with E-state index >= 15 is 0 Å². The Balaban J connectivity index is 4.32. The summed E-state index contributed by atoms with van der Waals surface area (Å²) in [6, 6.07) is 0.184. The van der Waals surface area contributed by atoms with Gasteiger partial charge < -0.3 is 9.64 Å². The first-order chi connectivity index (χ1) is 8.06. The monoisotopic (exact) mass is 243 g/mol. The van der Waals surface area contributed by atoms with Crippen LogP contribution in [-0.4, -0.2) is 36.5 Å². The summed E-state index contributed by atoms with van der Waals surface area (Å²) in [5.74, 6) is -0.119. The number of rotatable bonds is 8. The maximum absolute atomic E-state index is 12.0. The maximum atomic E-state index is 12.0. The molecule has 1 atom stereocenters. The van der Waals surface area contributed by atoms with Crippen LogP contribution in [0.5, 0.6) is 0 Å². The number of ether oxygens (including phenoxy) is 1. The summed E-state index contributed by atoms with van der Waals surface area (Å²) < 4.78 is 4.60. The fourth-order valence-corrected chi connectivity index (χ4v) is 1.60. The van der Waals surface area contributed by atoms with E-state index in [1.165, 1.54) is 7.11 Å². The lowest BCUT2D eigenvalue weighted by molar-refractivity contribution is -0.142. The molecule has 0 N–H and O–H groups in total. The number of hydrogen-bond donors (Lipinski definition) is 0. The van der Waals surface area contributed by atoms with Gasteiger partial charge in [-0.25, -0.2) is 0 Å². The highest BCUT2D eigenvalue weighted by atomic mass is 16.5. The summed E-state index contributed by atoms with van der Waals surface area (Å²) in [4.78, 5) is 24.9. The predicted molar refractivity (Wildman–Crippen MR) is 67.6 cm³/mol. The topological polar surface area (TPSA) is 46.6 Å². The van der Waals surface area contributed by atoms with Gasteiger partial charge in [0.1, 0.15) is 0 Å². The Labute approximate surface area is 104 Å². The molecule has 0 heterocycles. The van der Waals surface area contributed by atoms with E-state index in [1.807, 2.05) is 13.8 Å². The highest BCUT2D eigenvalue weighted by molar-refractivity contribution is 5.77. The van der Waals surface area contributed by atoms with Crippen LogP contribution in [0.3, 0.4) is 0 Å². The molecule has 0 aliphatic carbocycles. The van der Waals surface area contributed by atoms with Crippen molar-refractivity contribution in [2.45, 2.75) is 58.9 Å². The van der Waals surface area contributed by atoms with Crippen LogP contribution in [0.1, 0.15) is 52.9 Å². The van der Waals surface area contributed by atoms with Gasteiger partial charge in [-0.05, 0) is 19.8 Å². The lowest BCUT2D eigenvalue weighted by Crippen LogP contribution is -2.39. The smallest absolute Gasteiger partial charge is 0.307 e. The molecule has 1 amide bonds. The number of esters is 1. The van der Waals surface area contributed by atoms with E-state index in [0.717, 1.165) is 19.3 Å². The molecule has 4 nitrogen and oxygen atoms in total. The van der Waals surface area contributed by atoms with Crippen molar-refractivity contribution in [3.63, 3.8) is 0 Å². The Morgan fingerprint density at radius 2 is 1.88 bits per heavy atom. The summed E-state index contributed by atoms with van der Waals surface area (Å²) in [5, 5.41) is 0. The zero-order valence-corrected chi connectivity index (χ0v) is 11.5. The molecule has 0 aromatic rings. The van der Waals surface area contributed by atoms with Crippen molar-refractivity contribution in [2.75, 3.05) is 13.7 Å². The van der Waals surface area contributed by atoms with Crippen LogP contribution in [-0.2, 0) is 14.3 Å². The molecule has 0 aromatic carbocycles. The van der Waals surface area contributed by atoms with Gasteiger partial charge in [-0.3, -0.25) is 9.59 Å². The second-order valence-corrected chi connectivity index (χ2v) is 4.27. The number of carbonyl (C=O) groups excluding carboxylic acids is 2. The van der Waals surface area contributed by atoms with Crippen molar-refractivity contribution in [1.82, 2.24) is 4.90 Å². The summed E-state index contributed by atoms with van der Waals surface area (Å²) in [6.45, 7) is 6.59. The van der Waals surface area contributed by atoms with E-state index < -0.39 is 0 Å². The van der Waals surface area contributed by atoms with Crippen LogP contribution in [0.2, 0.25) is 0 Å². The van der Waals surface area contributed by atoms with E-state index in [2.05, 4.69) is 11.7 Å². The van der Waals surface area contributed by atoms with Crippen LogP contribution >= 0.6 is 0 Å². The zero-order chi connectivity index (χ0) is 13.3. The molecule has 0 rings (SSSR count). The van der Waals surface area contributed by atoms with Gasteiger partial charge in [-0.2, -0.15) is 0 Å². The first kappa shape index (κ1) is 15.9. The zero-order valence-electron chi connectivity index (χ0n) is 11.5. The Hall–Kier alpha value is -1.06. The Morgan fingerprint density at radius 3 is 2.35 bits per heavy atom. The van der Waals surface area contributed by atoms with Crippen LogP contribution in [0.25, 0.3) is 0 Å². The number of unbranched alkanes of at least 4 members (excludes halogenated alkanes) is 1. The van der Waals surface area contributed by atoms with Gasteiger partial charge >= 0.3 is 5.97 Å². The first-order valence-corrected chi connectivity index (χ1v) is 6.43. The molecule has 0 saturated heterocycles. The first-order valence-electron chi connectivity index (χ1n) is 6.43. The van der Waals surface area contributed by atoms with Gasteiger partial charge in [0.15, 0.2) is 0 Å². The summed E-state index contributed by atoms with van der Waals surface area (Å²) in [7, 11) is 1.37. The third-order valence-electron chi connectivity index (χ3n) is 2.97. The molecule has 100 valence electrons. The molecule has 0 aromatic heterocycles. The molecular weight excluding hydrogens is 218 g/mol. The molecule has 0 radical (unpaired) electrons. The normalized spacial score (nSPS) is 12.0. The molecule has 0 aliphatic rings. The summed E-state index contributed by atoms with van der Waals surface area (Å²) >= 11 is 0. The van der Waals surface area contributed by atoms with E-state index in [0.29, 0.717) is 13.0 Å². The molecule has 0 aliphatic heterocycles. The number of amides is 1. The van der Waals surface area contributed by atoms with Crippen molar-refractivity contribution < 1.29 is 14.3 Å². The van der Waals surface area contributed by atoms with Crippen LogP contribution in [0.15, 0.2) is 0 Å². The van der Waals surface area contributed by atoms with E-state index in [-0.39, 0.29) is 24.3 Å². The maximum Gasteiger partial charge on any atom is 0.307 e. The average Bonchev–Trinajstić information content (AvgIpc) is 2.35. The minimum Gasteiger partial charge on any atom is -0.469 e. The second kappa shape index (κ2) is 9.02. The molecule has 1 unspecified atom stereocenters. The molecule has 0 saturated carbocycles. The fourth-order valence-electron chi connectivity index (χ4n) is 1.60. The molecular formula is C13H25NO3. The minimum absolute atomic E-state index is 0.144. The van der Waals surface area contributed by atoms with Gasteiger partial charge in [0, 0.05) is 19.0 Å². The molecule has 0 spiro atoms. The Bertz CT molecular complexity index is 241. The summed E-state index contributed by atoms with van der Waals surface area (Å²) in [5.41, 5.74) is 0. The van der Waals surface area contributed by atoms with Gasteiger partial charge in [0.25, 0.3) is 0 Å². The minimum atomic E-state index is -0.262. The van der Waals surface area contributed by atoms with Crippen molar-refractivity contribution in [1.29, 1.82) is 0 Å². The third kappa shape index (κ3) is 6.29. The SMILES string of the molecule is CCCCC(=O)N(CCC(=O)OC)C(C)CC. The predicted octanol–water partition coefficient (Wildman–Crippen LogP) is 2.37. The number of nitrogens with zero attached hydrogens (tertiary/aromatic N) is 1. The second-order valence-electron chi connectivity index (χ2n) is 4.27. The lowest BCUT2D eigenvalue weighted by atomic mass is 10.1. The van der Waals surface area contributed by atoms with Crippen LogP contribution in [0.4, 0.5) is 0 Å².